The average Bonchev–Trinajstić information content (AvgIpc) is 3.07. The van der Waals surface area contributed by atoms with Crippen molar-refractivity contribution in [1.82, 2.24) is 15.2 Å². The van der Waals surface area contributed by atoms with Gasteiger partial charge in [0.2, 0.25) is 0 Å². The van der Waals surface area contributed by atoms with Crippen LogP contribution in [0.5, 0.6) is 0 Å². The highest BCUT2D eigenvalue weighted by Gasteiger charge is 2.17. The Hall–Kier alpha value is -1.94. The van der Waals surface area contributed by atoms with E-state index >= 15 is 0 Å². The first kappa shape index (κ1) is 24.3. The molecule has 0 atom stereocenters. The van der Waals surface area contributed by atoms with Crippen molar-refractivity contribution < 1.29 is 9.59 Å². The van der Waals surface area contributed by atoms with Crippen LogP contribution in [0.25, 0.3) is 10.9 Å². The summed E-state index contributed by atoms with van der Waals surface area (Å²) in [5, 5.41) is 8.68. The van der Waals surface area contributed by atoms with E-state index in [2.05, 4.69) is 46.5 Å². The molecule has 0 amide bonds. The predicted octanol–water partition coefficient (Wildman–Crippen LogP) is 4.67. The third-order valence-corrected chi connectivity index (χ3v) is 6.51. The van der Waals surface area contributed by atoms with Gasteiger partial charge in [0, 0.05) is 30.2 Å². The summed E-state index contributed by atoms with van der Waals surface area (Å²) in [5.74, 6) is 1.71. The Morgan fingerprint density at radius 3 is 2.47 bits per heavy atom. The summed E-state index contributed by atoms with van der Waals surface area (Å²) >= 11 is 0. The SMILES string of the molecule is C.Cc1ccc2c(c1)c(CNCC1CCNCC1)cn2CC1CCCCC1.O=C=O. The number of hydrogen-bond donors (Lipinski definition) is 2. The molecule has 0 bridgehead atoms. The Balaban J connectivity index is 0.000000757. The average molecular weight is 414 g/mol. The lowest BCUT2D eigenvalue weighted by Gasteiger charge is -2.23. The second-order valence-electron chi connectivity index (χ2n) is 8.74. The monoisotopic (exact) mass is 413 g/mol. The maximum Gasteiger partial charge on any atom is 0.373 e. The highest BCUT2D eigenvalue weighted by molar-refractivity contribution is 5.84. The lowest BCUT2D eigenvalue weighted by atomic mass is 9.89. The van der Waals surface area contributed by atoms with Gasteiger partial charge in [0.05, 0.1) is 0 Å². The van der Waals surface area contributed by atoms with E-state index in [1.165, 1.54) is 86.6 Å². The molecule has 1 saturated heterocycles. The maximum atomic E-state index is 8.12. The molecule has 0 unspecified atom stereocenters. The van der Waals surface area contributed by atoms with Gasteiger partial charge in [-0.25, -0.2) is 0 Å². The molecule has 1 aromatic carbocycles. The molecule has 166 valence electrons. The molecule has 1 aliphatic heterocycles. The quantitative estimate of drug-likeness (QED) is 0.722. The Morgan fingerprint density at radius 1 is 1.07 bits per heavy atom. The van der Waals surface area contributed by atoms with Crippen LogP contribution in [0.15, 0.2) is 24.4 Å². The molecule has 2 fully saturated rings. The second-order valence-corrected chi connectivity index (χ2v) is 8.74. The van der Waals surface area contributed by atoms with Crippen molar-refractivity contribution in [2.24, 2.45) is 11.8 Å². The molecular formula is C25H39N3O2. The zero-order valence-electron chi connectivity index (χ0n) is 17.7. The van der Waals surface area contributed by atoms with Crippen LogP contribution >= 0.6 is 0 Å². The van der Waals surface area contributed by atoms with Crippen LogP contribution in [0.1, 0.15) is 63.5 Å². The number of rotatable bonds is 6. The maximum absolute atomic E-state index is 8.12. The smallest absolute Gasteiger partial charge is 0.347 e. The fourth-order valence-corrected chi connectivity index (χ4v) is 4.92. The van der Waals surface area contributed by atoms with Gasteiger partial charge in [-0.2, -0.15) is 9.59 Å². The molecule has 2 heterocycles. The molecule has 5 nitrogen and oxygen atoms in total. The van der Waals surface area contributed by atoms with Crippen LogP contribution in [-0.4, -0.2) is 30.4 Å². The molecule has 2 aliphatic rings. The topological polar surface area (TPSA) is 63.1 Å². The number of benzene rings is 1. The van der Waals surface area contributed by atoms with Gasteiger partial charge in [-0.1, -0.05) is 38.3 Å². The first-order chi connectivity index (χ1) is 14.2. The highest BCUT2D eigenvalue weighted by atomic mass is 16.2. The van der Waals surface area contributed by atoms with Gasteiger partial charge in [0.25, 0.3) is 0 Å². The third kappa shape index (κ3) is 6.80. The number of hydrogen-bond acceptors (Lipinski definition) is 4. The van der Waals surface area contributed by atoms with Crippen LogP contribution in [-0.2, 0) is 22.7 Å². The normalized spacial score (nSPS) is 17.6. The number of aryl methyl sites for hydroxylation is 1. The van der Waals surface area contributed by atoms with Crippen molar-refractivity contribution in [3.63, 3.8) is 0 Å². The molecule has 2 aromatic rings. The van der Waals surface area contributed by atoms with Crippen molar-refractivity contribution in [2.45, 2.75) is 72.4 Å². The number of nitrogens with zero attached hydrogens (tertiary/aromatic N) is 1. The lowest BCUT2D eigenvalue weighted by Crippen LogP contribution is -2.33. The first-order valence-corrected chi connectivity index (χ1v) is 11.2. The van der Waals surface area contributed by atoms with E-state index in [-0.39, 0.29) is 13.6 Å². The Labute approximate surface area is 181 Å². The molecule has 0 radical (unpaired) electrons. The summed E-state index contributed by atoms with van der Waals surface area (Å²) in [5.41, 5.74) is 4.28. The van der Waals surface area contributed by atoms with Crippen molar-refractivity contribution in [1.29, 1.82) is 0 Å². The van der Waals surface area contributed by atoms with Crippen molar-refractivity contribution in [2.75, 3.05) is 19.6 Å². The molecule has 4 rings (SSSR count). The van der Waals surface area contributed by atoms with E-state index in [1.807, 2.05) is 0 Å². The van der Waals surface area contributed by atoms with E-state index in [1.54, 1.807) is 0 Å². The minimum absolute atomic E-state index is 0. The van der Waals surface area contributed by atoms with Gasteiger partial charge in [0.1, 0.15) is 0 Å². The molecule has 2 N–H and O–H groups in total. The molecule has 5 heteroatoms. The van der Waals surface area contributed by atoms with Crippen LogP contribution in [0.4, 0.5) is 0 Å². The van der Waals surface area contributed by atoms with E-state index in [0.717, 1.165) is 24.9 Å². The van der Waals surface area contributed by atoms with Crippen molar-refractivity contribution in [3.05, 3.63) is 35.5 Å². The van der Waals surface area contributed by atoms with Crippen molar-refractivity contribution in [3.8, 4) is 0 Å². The summed E-state index contributed by atoms with van der Waals surface area (Å²) in [6.45, 7) is 7.95. The second kappa shape index (κ2) is 12.7. The van der Waals surface area contributed by atoms with Gasteiger partial charge in [-0.3, -0.25) is 0 Å². The fourth-order valence-electron chi connectivity index (χ4n) is 4.92. The summed E-state index contributed by atoms with van der Waals surface area (Å²) < 4.78 is 2.55. The Kier molecular flexibility index (Phi) is 10.3. The number of nitrogens with one attached hydrogen (secondary N) is 2. The lowest BCUT2D eigenvalue weighted by molar-refractivity contribution is -0.191. The molecule has 30 heavy (non-hydrogen) atoms. The molecule has 1 saturated carbocycles. The van der Waals surface area contributed by atoms with Crippen LogP contribution in [0.3, 0.4) is 0 Å². The first-order valence-electron chi connectivity index (χ1n) is 11.2. The van der Waals surface area contributed by atoms with Crippen molar-refractivity contribution >= 4 is 17.1 Å². The van der Waals surface area contributed by atoms with E-state index in [0.29, 0.717) is 0 Å². The number of carbonyl (C=O) groups excluding carboxylic acids is 2. The van der Waals surface area contributed by atoms with E-state index < -0.39 is 0 Å². The van der Waals surface area contributed by atoms with Crippen LogP contribution in [0.2, 0.25) is 0 Å². The molecular weight excluding hydrogens is 374 g/mol. The zero-order chi connectivity index (χ0) is 20.5. The van der Waals surface area contributed by atoms with E-state index in [4.69, 9.17) is 9.59 Å². The van der Waals surface area contributed by atoms with Crippen LogP contribution < -0.4 is 10.6 Å². The summed E-state index contributed by atoms with van der Waals surface area (Å²) in [6, 6.07) is 6.99. The predicted molar refractivity (Wildman–Crippen MR) is 122 cm³/mol. The van der Waals surface area contributed by atoms with Gasteiger partial charge >= 0.3 is 6.15 Å². The molecule has 1 aliphatic carbocycles. The highest BCUT2D eigenvalue weighted by Crippen LogP contribution is 2.29. The Bertz CT molecular complexity index is 796. The summed E-state index contributed by atoms with van der Waals surface area (Å²) in [4.78, 5) is 16.2. The van der Waals surface area contributed by atoms with Gasteiger partial charge in [-0.05, 0) is 81.8 Å². The summed E-state index contributed by atoms with van der Waals surface area (Å²) in [7, 11) is 0. The number of piperidine rings is 1. The Morgan fingerprint density at radius 2 is 1.77 bits per heavy atom. The minimum atomic E-state index is 0. The molecule has 1 aromatic heterocycles. The zero-order valence-corrected chi connectivity index (χ0v) is 17.7. The van der Waals surface area contributed by atoms with Gasteiger partial charge in [0.15, 0.2) is 0 Å². The van der Waals surface area contributed by atoms with Gasteiger partial charge < -0.3 is 15.2 Å². The number of aromatic nitrogens is 1. The minimum Gasteiger partial charge on any atom is -0.347 e. The largest absolute Gasteiger partial charge is 0.373 e. The standard InChI is InChI=1S/C23H35N3.CO2.CH4/c1-18-7-8-23-22(13-18)21(15-25-14-19-9-11-24-12-10-19)17-26(23)16-20-5-3-2-4-6-20;2-1-3;/h7-8,13,17,19-20,24-25H,2-6,9-12,14-16H2,1H3;;1H4. The molecule has 0 spiro atoms. The summed E-state index contributed by atoms with van der Waals surface area (Å²) in [6.07, 6.45) is 12.4. The van der Waals surface area contributed by atoms with Crippen LogP contribution in [0, 0.1) is 18.8 Å². The fraction of sp³-hybridized carbons (Fsp3) is 0.640. The third-order valence-electron chi connectivity index (χ3n) is 6.51. The van der Waals surface area contributed by atoms with Gasteiger partial charge in [-0.15, -0.1) is 0 Å². The number of fused-ring (bicyclic) bond motifs is 1. The van der Waals surface area contributed by atoms with E-state index in [9.17, 15) is 0 Å².